The molecule has 2 aromatic rings. The molecule has 2 saturated heterocycles. The third-order valence-electron chi connectivity index (χ3n) is 11.7. The van der Waals surface area contributed by atoms with E-state index in [2.05, 4.69) is 0 Å². The summed E-state index contributed by atoms with van der Waals surface area (Å²) in [5.41, 5.74) is 4.59. The molecule has 286 valence electrons. The summed E-state index contributed by atoms with van der Waals surface area (Å²) in [7, 11) is 1.35. The van der Waals surface area contributed by atoms with E-state index in [1.165, 1.54) is 12.0 Å². The Morgan fingerprint density at radius 1 is 0.679 bits per heavy atom. The second-order valence-electron chi connectivity index (χ2n) is 14.9. The summed E-state index contributed by atoms with van der Waals surface area (Å²) >= 11 is 0. The molecule has 2 amide bonds. The van der Waals surface area contributed by atoms with Crippen LogP contribution in [0.3, 0.4) is 0 Å². The van der Waals surface area contributed by atoms with Crippen LogP contribution in [0.15, 0.2) is 0 Å². The Hall–Kier alpha value is -3.92. The monoisotopic (exact) mass is 732 g/mol. The summed E-state index contributed by atoms with van der Waals surface area (Å²) < 4.78 is 17.3. The fraction of sp³-hybridized carbons (Fsp3) is 0.590. The molecule has 0 radical (unpaired) electrons. The standard InChI is InChI=1S/C20H27NO5.C19H25NO5.Li.H2O/c1-11-12(2)17-14(13(3)16(11)22)8-9-20(4,26-17)19(24)21-10-6-7-15(21)18(23)25-5;1-10-11(2)16-13(12(3)15(10)21)7-8-19(4,25-16)18(24)20-9-5-6-14(20)17(22)23;;/h15,22H,6-10H2,1-5H3;14,21H,5-9H2,1-4H3,(H,22,23);;1H2/q;;+1;/p-1/t15-,20?;14-,19?;;/m00../s1. The number of hydrogen-bond acceptors (Lipinski definition) is 10. The second-order valence-corrected chi connectivity index (χ2v) is 14.9. The molecule has 2 fully saturated rings. The number of ether oxygens (including phenoxy) is 3. The number of nitrogens with zero attached hydrogens (tertiary/aromatic N) is 2. The van der Waals surface area contributed by atoms with Gasteiger partial charge in [0, 0.05) is 37.1 Å². The van der Waals surface area contributed by atoms with Gasteiger partial charge < -0.3 is 44.8 Å². The van der Waals surface area contributed by atoms with Crippen LogP contribution in [-0.4, -0.2) is 97.8 Å². The molecule has 0 saturated carbocycles. The maximum Gasteiger partial charge on any atom is 1.00 e. The summed E-state index contributed by atoms with van der Waals surface area (Å²) in [5, 5.41) is 29.9. The Bertz CT molecular complexity index is 1800. The van der Waals surface area contributed by atoms with E-state index in [-0.39, 0.29) is 47.9 Å². The zero-order valence-electron chi connectivity index (χ0n) is 32.8. The van der Waals surface area contributed by atoms with Crippen molar-refractivity contribution >= 4 is 23.8 Å². The molecule has 0 aliphatic carbocycles. The number of carboxylic acid groups (broad SMARTS) is 1. The predicted octanol–water partition coefficient (Wildman–Crippen LogP) is 1.87. The van der Waals surface area contributed by atoms with Crippen molar-refractivity contribution < 1.29 is 73.0 Å². The van der Waals surface area contributed by atoms with E-state index < -0.39 is 29.3 Å². The van der Waals surface area contributed by atoms with Gasteiger partial charge in [-0.15, -0.1) is 0 Å². The number of rotatable bonds is 4. The van der Waals surface area contributed by atoms with Gasteiger partial charge in [-0.1, -0.05) is 0 Å². The number of benzene rings is 2. The first-order chi connectivity index (χ1) is 23.9. The van der Waals surface area contributed by atoms with E-state index >= 15 is 0 Å². The largest absolute Gasteiger partial charge is 1.00 e. The van der Waals surface area contributed by atoms with E-state index in [1.54, 1.807) is 18.7 Å². The molecule has 4 heterocycles. The molecule has 14 heteroatoms. The molecule has 4 aliphatic heterocycles. The number of amides is 2. The van der Waals surface area contributed by atoms with E-state index in [9.17, 15) is 34.5 Å². The minimum Gasteiger partial charge on any atom is -0.870 e. The van der Waals surface area contributed by atoms with Crippen LogP contribution >= 0.6 is 0 Å². The van der Waals surface area contributed by atoms with Gasteiger partial charge in [0.05, 0.1) is 7.11 Å². The minimum absolute atomic E-state index is 0. The summed E-state index contributed by atoms with van der Waals surface area (Å²) in [5.74, 6) is 0.159. The van der Waals surface area contributed by atoms with Gasteiger partial charge in [-0.2, -0.15) is 0 Å². The Morgan fingerprint density at radius 2 is 1.06 bits per heavy atom. The molecular weight excluding hydrogens is 679 g/mol. The number of hydrogen-bond donors (Lipinski definition) is 3. The number of carbonyl (C=O) groups excluding carboxylic acids is 3. The van der Waals surface area contributed by atoms with E-state index in [0.29, 0.717) is 75.3 Å². The van der Waals surface area contributed by atoms with Crippen molar-refractivity contribution in [1.82, 2.24) is 9.80 Å². The molecule has 4 atom stereocenters. The van der Waals surface area contributed by atoms with Crippen LogP contribution in [-0.2, 0) is 36.8 Å². The van der Waals surface area contributed by atoms with Gasteiger partial charge in [0.1, 0.15) is 35.1 Å². The zero-order valence-corrected chi connectivity index (χ0v) is 32.8. The van der Waals surface area contributed by atoms with Gasteiger partial charge in [-0.05, 0) is 127 Å². The van der Waals surface area contributed by atoms with Crippen LogP contribution in [0, 0.1) is 41.5 Å². The van der Waals surface area contributed by atoms with Crippen molar-refractivity contribution in [2.24, 2.45) is 0 Å². The van der Waals surface area contributed by atoms with Crippen molar-refractivity contribution in [2.75, 3.05) is 20.2 Å². The fourth-order valence-corrected chi connectivity index (χ4v) is 8.06. The maximum absolute atomic E-state index is 13.3. The number of aromatic hydroxyl groups is 2. The Balaban J connectivity index is 0.000000275. The number of phenols is 2. The van der Waals surface area contributed by atoms with E-state index in [0.717, 1.165) is 50.9 Å². The topological polar surface area (TPSA) is 193 Å². The maximum atomic E-state index is 13.3. The van der Waals surface area contributed by atoms with Gasteiger partial charge >= 0.3 is 30.8 Å². The summed E-state index contributed by atoms with van der Waals surface area (Å²) in [4.78, 5) is 52.8. The second kappa shape index (κ2) is 16.2. The van der Waals surface area contributed by atoms with Crippen LogP contribution < -0.4 is 28.3 Å². The van der Waals surface area contributed by atoms with Crippen LogP contribution in [0.25, 0.3) is 0 Å². The van der Waals surface area contributed by atoms with Crippen molar-refractivity contribution in [2.45, 2.75) is 130 Å². The first-order valence-electron chi connectivity index (χ1n) is 17.8. The van der Waals surface area contributed by atoms with Crippen molar-refractivity contribution in [3.63, 3.8) is 0 Å². The third-order valence-corrected chi connectivity index (χ3v) is 11.7. The van der Waals surface area contributed by atoms with Crippen molar-refractivity contribution in [1.29, 1.82) is 0 Å². The Kier molecular flexibility index (Phi) is 13.3. The third kappa shape index (κ3) is 7.58. The molecule has 6 rings (SSSR count). The Labute approximate surface area is 323 Å². The molecule has 13 nitrogen and oxygen atoms in total. The molecule has 0 spiro atoms. The van der Waals surface area contributed by atoms with Crippen LogP contribution in [0.4, 0.5) is 0 Å². The zero-order chi connectivity index (χ0) is 37.7. The molecule has 2 aromatic carbocycles. The number of carbonyl (C=O) groups is 4. The predicted molar refractivity (Wildman–Crippen MR) is 190 cm³/mol. The molecule has 4 aliphatic rings. The number of methoxy groups -OCH3 is 1. The molecule has 53 heavy (non-hydrogen) atoms. The van der Waals surface area contributed by atoms with Crippen molar-refractivity contribution in [3.05, 3.63) is 44.5 Å². The number of phenolic OH excluding ortho intramolecular Hbond substituents is 2. The summed E-state index contributed by atoms with van der Waals surface area (Å²) in [6.07, 6.45) is 4.81. The number of likely N-dealkylation sites (tertiary alicyclic amines) is 2. The van der Waals surface area contributed by atoms with Gasteiger partial charge in [-0.25, -0.2) is 9.59 Å². The fourth-order valence-electron chi connectivity index (χ4n) is 8.06. The molecule has 0 aromatic heterocycles. The first-order valence-corrected chi connectivity index (χ1v) is 17.8. The molecular formula is C39H53LiN2O11. The smallest absolute Gasteiger partial charge is 0.870 e. The van der Waals surface area contributed by atoms with Crippen LogP contribution in [0.2, 0.25) is 0 Å². The average molecular weight is 733 g/mol. The molecule has 4 N–H and O–H groups in total. The average Bonchev–Trinajstić information content (AvgIpc) is 3.81. The summed E-state index contributed by atoms with van der Waals surface area (Å²) in [6.45, 7) is 15.7. The Morgan fingerprint density at radius 3 is 1.43 bits per heavy atom. The molecule has 0 bridgehead atoms. The normalized spacial score (nSPS) is 24.2. The van der Waals surface area contributed by atoms with Gasteiger partial charge in [-0.3, -0.25) is 9.59 Å². The van der Waals surface area contributed by atoms with Gasteiger partial charge in [0.2, 0.25) is 0 Å². The molecule has 2 unspecified atom stereocenters. The number of carboxylic acids is 1. The number of esters is 1. The summed E-state index contributed by atoms with van der Waals surface area (Å²) in [6, 6.07) is -1.29. The number of aliphatic carboxylic acids is 1. The number of fused-ring (bicyclic) bond motifs is 2. The van der Waals surface area contributed by atoms with E-state index in [4.69, 9.17) is 14.2 Å². The van der Waals surface area contributed by atoms with Gasteiger partial charge in [0.15, 0.2) is 11.2 Å². The van der Waals surface area contributed by atoms with Crippen LogP contribution in [0.1, 0.15) is 96.9 Å². The quantitative estimate of drug-likeness (QED) is 0.307. The first kappa shape index (κ1) is 43.5. The van der Waals surface area contributed by atoms with E-state index in [1.807, 2.05) is 41.5 Å². The van der Waals surface area contributed by atoms with Crippen molar-refractivity contribution in [3.8, 4) is 23.0 Å². The van der Waals surface area contributed by atoms with Gasteiger partial charge in [0.25, 0.3) is 11.8 Å². The minimum atomic E-state index is -1.08. The SMILES string of the molecule is COC(=O)[C@@H]1CCCN1C(=O)C1(C)CCc2c(C)c(O)c(C)c(C)c2O1.Cc1c(C)c2c(c(C)c1O)CCC(C)(C(=O)N1CCC[C@H]1C(=O)O)O2.[Li+].[OH-]. The van der Waals surface area contributed by atoms with Crippen LogP contribution in [0.5, 0.6) is 23.0 Å².